The fraction of sp³-hybridized carbons (Fsp3) is 0.154. The second kappa shape index (κ2) is 5.28. The number of carbonyl (C=O) groups is 1. The standard InChI is InChI=1S/C13H10F2O5S/c1-7-10(13(16)17)5-9(20-7)6-21(18,19)12-3-2-8(14)4-11(12)15/h2-5H,6H2,1H3,(H,16,17). The number of rotatable bonds is 4. The van der Waals surface area contributed by atoms with Crippen molar-refractivity contribution >= 4 is 15.8 Å². The monoisotopic (exact) mass is 316 g/mol. The highest BCUT2D eigenvalue weighted by Crippen LogP contribution is 2.23. The summed E-state index contributed by atoms with van der Waals surface area (Å²) in [5.74, 6) is -4.16. The highest BCUT2D eigenvalue weighted by Gasteiger charge is 2.24. The molecule has 21 heavy (non-hydrogen) atoms. The summed E-state index contributed by atoms with van der Waals surface area (Å²) in [6.45, 7) is 1.37. The summed E-state index contributed by atoms with van der Waals surface area (Å²) in [5.41, 5.74) is -0.167. The SMILES string of the molecule is Cc1oc(CS(=O)(=O)c2ccc(F)cc2F)cc1C(=O)O. The van der Waals surface area contributed by atoms with Crippen LogP contribution in [0.25, 0.3) is 0 Å². The normalized spacial score (nSPS) is 11.6. The minimum absolute atomic E-state index is 0.0484. The lowest BCUT2D eigenvalue weighted by atomic mass is 10.2. The number of carboxylic acid groups (broad SMARTS) is 1. The van der Waals surface area contributed by atoms with Gasteiger partial charge in [-0.3, -0.25) is 0 Å². The Morgan fingerprint density at radius 3 is 2.48 bits per heavy atom. The van der Waals surface area contributed by atoms with Crippen LogP contribution in [-0.4, -0.2) is 19.5 Å². The fourth-order valence-corrected chi connectivity index (χ4v) is 3.12. The van der Waals surface area contributed by atoms with Crippen LogP contribution in [0.15, 0.2) is 33.6 Å². The molecule has 0 spiro atoms. The molecule has 0 amide bonds. The number of benzene rings is 1. The minimum atomic E-state index is -4.12. The summed E-state index contributed by atoms with van der Waals surface area (Å²) >= 11 is 0. The van der Waals surface area contributed by atoms with Crippen LogP contribution in [0.2, 0.25) is 0 Å². The van der Waals surface area contributed by atoms with Crippen molar-refractivity contribution in [3.63, 3.8) is 0 Å². The van der Waals surface area contributed by atoms with E-state index in [9.17, 15) is 22.0 Å². The van der Waals surface area contributed by atoms with Gasteiger partial charge in [0, 0.05) is 6.07 Å². The van der Waals surface area contributed by atoms with E-state index in [1.807, 2.05) is 0 Å². The first-order valence-electron chi connectivity index (χ1n) is 5.71. The number of hydrogen-bond acceptors (Lipinski definition) is 4. The molecule has 0 saturated heterocycles. The van der Waals surface area contributed by atoms with Crippen molar-refractivity contribution in [2.45, 2.75) is 17.6 Å². The quantitative estimate of drug-likeness (QED) is 0.876. The Labute approximate surface area is 118 Å². The molecule has 0 bridgehead atoms. The van der Waals surface area contributed by atoms with Crippen molar-refractivity contribution < 1.29 is 31.5 Å². The summed E-state index contributed by atoms with van der Waals surface area (Å²) in [5, 5.41) is 8.86. The molecule has 0 saturated carbocycles. The van der Waals surface area contributed by atoms with E-state index in [1.54, 1.807) is 0 Å². The summed E-state index contributed by atoms with van der Waals surface area (Å²) < 4.78 is 55.5. The molecule has 0 aliphatic heterocycles. The van der Waals surface area contributed by atoms with E-state index in [2.05, 4.69) is 0 Å². The van der Waals surface area contributed by atoms with Gasteiger partial charge >= 0.3 is 5.97 Å². The fourth-order valence-electron chi connectivity index (χ4n) is 1.82. The molecule has 1 heterocycles. The number of hydrogen-bond donors (Lipinski definition) is 1. The number of furan rings is 1. The molecule has 112 valence electrons. The van der Waals surface area contributed by atoms with Crippen molar-refractivity contribution in [1.29, 1.82) is 0 Å². The maximum Gasteiger partial charge on any atom is 0.339 e. The van der Waals surface area contributed by atoms with Gasteiger partial charge in [-0.05, 0) is 25.1 Å². The van der Waals surface area contributed by atoms with E-state index in [4.69, 9.17) is 9.52 Å². The molecule has 1 aromatic heterocycles. The highest BCUT2D eigenvalue weighted by atomic mass is 32.2. The summed E-state index contributed by atoms with van der Waals surface area (Å²) in [6.07, 6.45) is 0. The molecule has 0 aliphatic carbocycles. The first-order chi connectivity index (χ1) is 9.70. The van der Waals surface area contributed by atoms with Crippen molar-refractivity contribution in [2.75, 3.05) is 0 Å². The maximum absolute atomic E-state index is 13.5. The Morgan fingerprint density at radius 2 is 1.95 bits per heavy atom. The lowest BCUT2D eigenvalue weighted by Gasteiger charge is -2.04. The van der Waals surface area contributed by atoms with E-state index in [1.165, 1.54) is 6.92 Å². The van der Waals surface area contributed by atoms with Crippen molar-refractivity contribution in [3.8, 4) is 0 Å². The third-order valence-electron chi connectivity index (χ3n) is 2.76. The van der Waals surface area contributed by atoms with E-state index >= 15 is 0 Å². The Kier molecular flexibility index (Phi) is 3.82. The third-order valence-corrected chi connectivity index (χ3v) is 4.43. The van der Waals surface area contributed by atoms with Gasteiger partial charge in [0.2, 0.25) is 0 Å². The molecule has 2 aromatic rings. The van der Waals surface area contributed by atoms with Crippen molar-refractivity contribution in [2.24, 2.45) is 0 Å². The summed E-state index contributed by atoms with van der Waals surface area (Å²) in [6, 6.07) is 3.17. The number of aryl methyl sites for hydroxylation is 1. The molecular weight excluding hydrogens is 306 g/mol. The molecule has 0 unspecified atom stereocenters. The predicted molar refractivity (Wildman–Crippen MR) is 67.7 cm³/mol. The highest BCUT2D eigenvalue weighted by molar-refractivity contribution is 7.90. The van der Waals surface area contributed by atoms with E-state index in [0.29, 0.717) is 6.07 Å². The van der Waals surface area contributed by atoms with Gasteiger partial charge in [-0.1, -0.05) is 0 Å². The van der Waals surface area contributed by atoms with Gasteiger partial charge in [0.15, 0.2) is 9.84 Å². The third kappa shape index (κ3) is 3.10. The molecule has 2 rings (SSSR count). The smallest absolute Gasteiger partial charge is 0.339 e. The van der Waals surface area contributed by atoms with Crippen LogP contribution in [0.4, 0.5) is 8.78 Å². The lowest BCUT2D eigenvalue weighted by molar-refractivity contribution is 0.0695. The zero-order valence-corrected chi connectivity index (χ0v) is 11.6. The van der Waals surface area contributed by atoms with Gasteiger partial charge in [0.05, 0.1) is 0 Å². The zero-order chi connectivity index (χ0) is 15.8. The van der Waals surface area contributed by atoms with Gasteiger partial charge in [0.1, 0.15) is 39.4 Å². The Morgan fingerprint density at radius 1 is 1.29 bits per heavy atom. The van der Waals surface area contributed by atoms with E-state index in [0.717, 1.165) is 18.2 Å². The molecule has 5 nitrogen and oxygen atoms in total. The molecule has 0 radical (unpaired) electrons. The van der Waals surface area contributed by atoms with Crippen molar-refractivity contribution in [3.05, 3.63) is 53.0 Å². The van der Waals surface area contributed by atoms with Crippen LogP contribution >= 0.6 is 0 Å². The van der Waals surface area contributed by atoms with Crippen LogP contribution in [0.1, 0.15) is 21.9 Å². The number of carboxylic acids is 1. The Bertz CT molecular complexity index is 808. The Balaban J connectivity index is 2.37. The molecule has 1 aromatic carbocycles. The van der Waals surface area contributed by atoms with Gasteiger partial charge in [0.25, 0.3) is 0 Å². The summed E-state index contributed by atoms with van der Waals surface area (Å²) in [7, 11) is -4.12. The average molecular weight is 316 g/mol. The lowest BCUT2D eigenvalue weighted by Crippen LogP contribution is -2.07. The van der Waals surface area contributed by atoms with Gasteiger partial charge in [-0.15, -0.1) is 0 Å². The van der Waals surface area contributed by atoms with Gasteiger partial charge < -0.3 is 9.52 Å². The van der Waals surface area contributed by atoms with E-state index < -0.39 is 38.1 Å². The second-order valence-corrected chi connectivity index (χ2v) is 6.28. The zero-order valence-electron chi connectivity index (χ0n) is 10.8. The van der Waals surface area contributed by atoms with Gasteiger partial charge in [-0.2, -0.15) is 0 Å². The first kappa shape index (κ1) is 15.2. The van der Waals surface area contributed by atoms with Crippen molar-refractivity contribution in [1.82, 2.24) is 0 Å². The second-order valence-electron chi connectivity index (χ2n) is 4.32. The van der Waals surface area contributed by atoms with Gasteiger partial charge in [-0.25, -0.2) is 22.0 Å². The first-order valence-corrected chi connectivity index (χ1v) is 7.36. The van der Waals surface area contributed by atoms with Crippen LogP contribution in [-0.2, 0) is 15.6 Å². The molecule has 8 heteroatoms. The molecule has 1 N–H and O–H groups in total. The molecule has 0 fully saturated rings. The van der Waals surface area contributed by atoms with Crippen LogP contribution in [0.5, 0.6) is 0 Å². The molecule has 0 aliphatic rings. The summed E-state index contributed by atoms with van der Waals surface area (Å²) in [4.78, 5) is 10.2. The predicted octanol–water partition coefficient (Wildman–Crippen LogP) is 2.54. The van der Waals surface area contributed by atoms with Crippen LogP contribution < -0.4 is 0 Å². The molecule has 0 atom stereocenters. The largest absolute Gasteiger partial charge is 0.478 e. The minimum Gasteiger partial charge on any atom is -0.478 e. The average Bonchev–Trinajstić information content (AvgIpc) is 2.68. The number of halogens is 2. The number of aromatic carboxylic acids is 1. The maximum atomic E-state index is 13.5. The van der Waals surface area contributed by atoms with Crippen LogP contribution in [0, 0.1) is 18.6 Å². The molecular formula is C13H10F2O5S. The number of sulfone groups is 1. The Hall–Kier alpha value is -2.22. The van der Waals surface area contributed by atoms with Crippen LogP contribution in [0.3, 0.4) is 0 Å². The van der Waals surface area contributed by atoms with E-state index in [-0.39, 0.29) is 17.1 Å². The topological polar surface area (TPSA) is 84.6 Å².